The zero-order chi connectivity index (χ0) is 12.4. The summed E-state index contributed by atoms with van der Waals surface area (Å²) >= 11 is 13.2. The lowest BCUT2D eigenvalue weighted by Crippen LogP contribution is -1.98. The maximum Gasteiger partial charge on any atom is 0.222 e. The van der Waals surface area contributed by atoms with E-state index in [0.717, 1.165) is 10.7 Å². The van der Waals surface area contributed by atoms with Gasteiger partial charge in [0.2, 0.25) is 5.95 Å². The van der Waals surface area contributed by atoms with Gasteiger partial charge in [0.05, 0.1) is 0 Å². The third-order valence-corrected chi connectivity index (χ3v) is 3.72. The van der Waals surface area contributed by atoms with Crippen LogP contribution in [-0.2, 0) is 12.8 Å². The standard InChI is InChI=1S/C9H9Cl2N5S/c1-16-8(12)14-15-9(16)17-4-5-2-3-6(10)13-7(5)11/h2-3H,4H2,1H3,(H2,12,14). The summed E-state index contributed by atoms with van der Waals surface area (Å²) < 4.78 is 1.71. The van der Waals surface area contributed by atoms with Gasteiger partial charge in [-0.05, 0) is 11.6 Å². The number of hydrogen-bond acceptors (Lipinski definition) is 5. The molecule has 0 unspecified atom stereocenters. The molecule has 0 aliphatic carbocycles. The molecule has 2 heterocycles. The summed E-state index contributed by atoms with van der Waals surface area (Å²) in [5, 5.41) is 9.22. The summed E-state index contributed by atoms with van der Waals surface area (Å²) in [4.78, 5) is 3.96. The van der Waals surface area contributed by atoms with Crippen molar-refractivity contribution in [3.05, 3.63) is 28.0 Å². The molecule has 0 aliphatic rings. The minimum Gasteiger partial charge on any atom is -0.368 e. The molecular weight excluding hydrogens is 281 g/mol. The summed E-state index contributed by atoms with van der Waals surface area (Å²) in [6.07, 6.45) is 0. The van der Waals surface area contributed by atoms with Crippen molar-refractivity contribution in [3.63, 3.8) is 0 Å². The third-order valence-electron chi connectivity index (χ3n) is 2.12. The van der Waals surface area contributed by atoms with Gasteiger partial charge < -0.3 is 5.73 Å². The fourth-order valence-corrected chi connectivity index (χ4v) is 2.54. The van der Waals surface area contributed by atoms with Crippen molar-refractivity contribution in [2.75, 3.05) is 5.73 Å². The lowest BCUT2D eigenvalue weighted by molar-refractivity contribution is 0.796. The number of thioether (sulfide) groups is 1. The first-order valence-corrected chi connectivity index (χ1v) is 6.40. The number of aromatic nitrogens is 4. The molecule has 8 heteroatoms. The molecular formula is C9H9Cl2N5S. The number of nitrogens with two attached hydrogens (primary N) is 1. The number of nitrogens with zero attached hydrogens (tertiary/aromatic N) is 4. The lowest BCUT2D eigenvalue weighted by atomic mass is 10.3. The van der Waals surface area contributed by atoms with E-state index in [9.17, 15) is 0 Å². The monoisotopic (exact) mass is 289 g/mol. The highest BCUT2D eigenvalue weighted by Crippen LogP contribution is 2.25. The summed E-state index contributed by atoms with van der Waals surface area (Å²) in [5.41, 5.74) is 6.47. The Morgan fingerprint density at radius 2 is 2.12 bits per heavy atom. The Bertz CT molecular complexity index is 542. The molecule has 2 aromatic heterocycles. The first-order valence-electron chi connectivity index (χ1n) is 4.66. The summed E-state index contributed by atoms with van der Waals surface area (Å²) in [7, 11) is 1.80. The first kappa shape index (κ1) is 12.5. The van der Waals surface area contributed by atoms with Crippen LogP contribution in [0.5, 0.6) is 0 Å². The van der Waals surface area contributed by atoms with E-state index in [1.165, 1.54) is 11.8 Å². The van der Waals surface area contributed by atoms with Crippen molar-refractivity contribution >= 4 is 40.9 Å². The van der Waals surface area contributed by atoms with Crippen molar-refractivity contribution in [1.29, 1.82) is 0 Å². The molecule has 0 aromatic carbocycles. The van der Waals surface area contributed by atoms with Crippen LogP contribution in [0.15, 0.2) is 17.3 Å². The topological polar surface area (TPSA) is 69.6 Å². The van der Waals surface area contributed by atoms with Gasteiger partial charge in [0.1, 0.15) is 10.3 Å². The first-order chi connectivity index (χ1) is 8.08. The van der Waals surface area contributed by atoms with Gasteiger partial charge in [0.15, 0.2) is 5.16 Å². The molecule has 0 saturated heterocycles. The van der Waals surface area contributed by atoms with E-state index in [1.54, 1.807) is 17.7 Å². The fraction of sp³-hybridized carbons (Fsp3) is 0.222. The normalized spacial score (nSPS) is 10.8. The minimum absolute atomic E-state index is 0.381. The Morgan fingerprint density at radius 1 is 1.35 bits per heavy atom. The molecule has 0 amide bonds. The predicted octanol–water partition coefficient (Wildman–Crippen LogP) is 2.39. The zero-order valence-electron chi connectivity index (χ0n) is 8.89. The molecule has 2 rings (SSSR count). The van der Waals surface area contributed by atoms with Gasteiger partial charge in [-0.25, -0.2) is 4.98 Å². The average molecular weight is 290 g/mol. The fourth-order valence-electron chi connectivity index (χ4n) is 1.14. The Morgan fingerprint density at radius 3 is 2.71 bits per heavy atom. The maximum atomic E-state index is 5.96. The van der Waals surface area contributed by atoms with E-state index < -0.39 is 0 Å². The minimum atomic E-state index is 0.381. The lowest BCUT2D eigenvalue weighted by Gasteiger charge is -2.03. The Kier molecular flexibility index (Phi) is 3.76. The highest BCUT2D eigenvalue weighted by atomic mass is 35.5. The molecule has 2 aromatic rings. The van der Waals surface area contributed by atoms with Gasteiger partial charge in [0.25, 0.3) is 0 Å². The highest BCUT2D eigenvalue weighted by molar-refractivity contribution is 7.98. The molecule has 0 radical (unpaired) electrons. The van der Waals surface area contributed by atoms with E-state index in [0.29, 0.717) is 22.0 Å². The van der Waals surface area contributed by atoms with Crippen molar-refractivity contribution in [2.24, 2.45) is 7.05 Å². The predicted molar refractivity (Wildman–Crippen MR) is 69.2 cm³/mol. The Hall–Kier alpha value is -0.980. The quantitative estimate of drug-likeness (QED) is 0.694. The largest absolute Gasteiger partial charge is 0.368 e. The Labute approximate surface area is 112 Å². The third kappa shape index (κ3) is 2.83. The Balaban J connectivity index is 2.10. The van der Waals surface area contributed by atoms with Crippen LogP contribution in [0.4, 0.5) is 5.95 Å². The van der Waals surface area contributed by atoms with E-state index in [1.807, 2.05) is 6.07 Å². The van der Waals surface area contributed by atoms with Gasteiger partial charge in [0, 0.05) is 12.8 Å². The van der Waals surface area contributed by atoms with E-state index >= 15 is 0 Å². The summed E-state index contributed by atoms with van der Waals surface area (Å²) in [6.45, 7) is 0. The molecule has 0 spiro atoms. The van der Waals surface area contributed by atoms with Gasteiger partial charge >= 0.3 is 0 Å². The molecule has 0 bridgehead atoms. The van der Waals surface area contributed by atoms with Crippen LogP contribution in [0.3, 0.4) is 0 Å². The van der Waals surface area contributed by atoms with Crippen LogP contribution in [0.25, 0.3) is 0 Å². The molecule has 2 N–H and O–H groups in total. The SMILES string of the molecule is Cn1c(N)nnc1SCc1ccc(Cl)nc1Cl. The van der Waals surface area contributed by atoms with Crippen LogP contribution in [0.1, 0.15) is 5.56 Å². The van der Waals surface area contributed by atoms with Gasteiger partial charge in [-0.2, -0.15) is 0 Å². The van der Waals surface area contributed by atoms with Crippen LogP contribution in [-0.4, -0.2) is 19.7 Å². The smallest absolute Gasteiger partial charge is 0.222 e. The molecule has 0 aliphatic heterocycles. The second-order valence-corrected chi connectivity index (χ2v) is 4.96. The van der Waals surface area contributed by atoms with Crippen LogP contribution < -0.4 is 5.73 Å². The van der Waals surface area contributed by atoms with Crippen molar-refractivity contribution in [2.45, 2.75) is 10.9 Å². The van der Waals surface area contributed by atoms with E-state index in [4.69, 9.17) is 28.9 Å². The molecule has 90 valence electrons. The van der Waals surface area contributed by atoms with Gasteiger partial charge in [-0.1, -0.05) is 41.0 Å². The molecule has 0 fully saturated rings. The number of pyridine rings is 1. The van der Waals surface area contributed by atoms with Crippen molar-refractivity contribution in [3.8, 4) is 0 Å². The van der Waals surface area contributed by atoms with Crippen molar-refractivity contribution < 1.29 is 0 Å². The van der Waals surface area contributed by atoms with Crippen LogP contribution in [0.2, 0.25) is 10.3 Å². The van der Waals surface area contributed by atoms with E-state index in [2.05, 4.69) is 15.2 Å². The highest BCUT2D eigenvalue weighted by Gasteiger charge is 2.08. The molecule has 0 saturated carbocycles. The summed E-state index contributed by atoms with van der Waals surface area (Å²) in [6, 6.07) is 3.54. The number of anilines is 1. The van der Waals surface area contributed by atoms with Crippen LogP contribution in [0, 0.1) is 0 Å². The second-order valence-electron chi connectivity index (χ2n) is 3.27. The molecule has 0 atom stereocenters. The second kappa shape index (κ2) is 5.12. The van der Waals surface area contributed by atoms with Crippen LogP contribution >= 0.6 is 35.0 Å². The van der Waals surface area contributed by atoms with Gasteiger partial charge in [-0.3, -0.25) is 4.57 Å². The number of rotatable bonds is 3. The zero-order valence-corrected chi connectivity index (χ0v) is 11.2. The van der Waals surface area contributed by atoms with E-state index in [-0.39, 0.29) is 0 Å². The number of nitrogen functional groups attached to an aromatic ring is 1. The number of halogens is 2. The van der Waals surface area contributed by atoms with Gasteiger partial charge in [-0.15, -0.1) is 10.2 Å². The maximum absolute atomic E-state index is 5.96. The number of hydrogen-bond donors (Lipinski definition) is 1. The molecule has 5 nitrogen and oxygen atoms in total. The van der Waals surface area contributed by atoms with Crippen molar-refractivity contribution in [1.82, 2.24) is 19.7 Å². The summed E-state index contributed by atoms with van der Waals surface area (Å²) in [5.74, 6) is 1.02. The average Bonchev–Trinajstić information content (AvgIpc) is 2.59. The molecule has 17 heavy (non-hydrogen) atoms.